The average molecular weight is 1340 g/mol. The number of rotatable bonds is 16. The molecule has 0 atom stereocenters. The summed E-state index contributed by atoms with van der Waals surface area (Å²) < 4.78 is 6.65. The van der Waals surface area contributed by atoms with Gasteiger partial charge in [-0.25, -0.2) is 0 Å². The van der Waals surface area contributed by atoms with E-state index < -0.39 is 0 Å². The maximum absolute atomic E-state index is 11.7. The van der Waals surface area contributed by atoms with Crippen LogP contribution in [0.1, 0.15) is 107 Å². The molecule has 0 aliphatic heterocycles. The summed E-state index contributed by atoms with van der Waals surface area (Å²) in [5, 5.41) is 28.5. The van der Waals surface area contributed by atoms with Crippen molar-refractivity contribution in [1.29, 1.82) is 0 Å². The van der Waals surface area contributed by atoms with E-state index in [1.165, 1.54) is 33.7 Å². The van der Waals surface area contributed by atoms with Crippen LogP contribution in [0.3, 0.4) is 0 Å². The first-order chi connectivity index (χ1) is 34.5. The van der Waals surface area contributed by atoms with E-state index in [4.69, 9.17) is 14.4 Å². The van der Waals surface area contributed by atoms with Gasteiger partial charge in [0.1, 0.15) is 0 Å². The van der Waals surface area contributed by atoms with Crippen LogP contribution in [0, 0.1) is 35.8 Å². The van der Waals surface area contributed by atoms with Gasteiger partial charge in [-0.15, -0.1) is 36.4 Å². The summed E-state index contributed by atoms with van der Waals surface area (Å²) in [6, 6.07) is 48.6. The summed E-state index contributed by atoms with van der Waals surface area (Å²) in [7, 11) is 0. The Morgan fingerprint density at radius 3 is 1.12 bits per heavy atom. The number of aliphatic hydroxyl groups excluding tert-OH is 2. The predicted octanol–water partition coefficient (Wildman–Crippen LogP) is 17.7. The number of hydrogen-bond donors (Lipinski definition) is 2. The molecule has 0 saturated heterocycles. The number of furan rings is 1. The molecule has 0 radical (unpaired) electrons. The number of allylic oxidation sites excluding steroid dienone is 4. The molecule has 9 heteroatoms. The van der Waals surface area contributed by atoms with Crippen LogP contribution in [-0.2, 0) is 51.7 Å². The smallest absolute Gasteiger partial charge is 0.162 e. The Morgan fingerprint density at radius 2 is 0.795 bits per heavy atom. The van der Waals surface area contributed by atoms with Crippen LogP contribution in [0.15, 0.2) is 149 Å². The second-order valence-corrected chi connectivity index (χ2v) is 18.5. The second kappa shape index (κ2) is 27.5. The summed E-state index contributed by atoms with van der Waals surface area (Å²) in [5.74, 6) is 1.09. The van der Waals surface area contributed by atoms with Crippen molar-refractivity contribution >= 4 is 76.9 Å². The number of nitrogens with zero attached hydrogens (tertiary/aromatic N) is 2. The number of aromatic nitrogens is 2. The molecular formula is C64H68N2O5Pt2-2. The number of carbonyl (C=O) groups excluding carboxylic acids is 2. The number of benzene rings is 6. The Morgan fingerprint density at radius 1 is 0.466 bits per heavy atom. The van der Waals surface area contributed by atoms with Gasteiger partial charge in [0.25, 0.3) is 0 Å². The standard InChI is InChI=1S/C38H20N2O.2C13H24O2.2Pt/c1-3-9-25-21-35-27(19-23(25)7-1)15-17-33(39-35)31-13-5-11-29-30-12-6-14-32(38(30)41-37(29)31)34-18-16-28-20-24-8-2-4-10-26(24)22-36(28)40-34;2*1-5-10(6-2)12(14)9-13(15)11(7-3)8-4;;/h1-12,15-22H;2*9-11,14H,5-8H2,1-4H3;;/q-2;;;;/b;2*12-9-;;. The minimum atomic E-state index is 0. The van der Waals surface area contributed by atoms with Crippen molar-refractivity contribution in [3.63, 3.8) is 0 Å². The van der Waals surface area contributed by atoms with Crippen LogP contribution in [-0.4, -0.2) is 31.7 Å². The first-order valence-corrected chi connectivity index (χ1v) is 25.7. The Hall–Kier alpha value is -5.74. The number of hydrogen-bond acceptors (Lipinski definition) is 7. The van der Waals surface area contributed by atoms with Gasteiger partial charge in [-0.2, -0.15) is 0 Å². The Balaban J connectivity index is 0.000000258. The van der Waals surface area contributed by atoms with Gasteiger partial charge in [-0.05, 0) is 119 Å². The molecule has 73 heavy (non-hydrogen) atoms. The molecule has 0 aliphatic carbocycles. The molecule has 2 N–H and O–H groups in total. The molecule has 0 fully saturated rings. The first kappa shape index (κ1) is 58.1. The van der Waals surface area contributed by atoms with Crippen molar-refractivity contribution in [3.8, 4) is 22.5 Å². The molecule has 7 nitrogen and oxygen atoms in total. The van der Waals surface area contributed by atoms with Crippen molar-refractivity contribution < 1.29 is 66.3 Å². The Labute approximate surface area is 460 Å². The maximum Gasteiger partial charge on any atom is 0.162 e. The minimum absolute atomic E-state index is 0. The molecule has 3 heterocycles. The molecule has 0 bridgehead atoms. The first-order valence-electron chi connectivity index (χ1n) is 25.7. The number of fused-ring (bicyclic) bond motifs is 7. The van der Waals surface area contributed by atoms with Gasteiger partial charge in [0.05, 0.1) is 22.6 Å². The van der Waals surface area contributed by atoms with E-state index in [1.807, 2.05) is 67.5 Å². The summed E-state index contributed by atoms with van der Waals surface area (Å²) in [4.78, 5) is 33.5. The van der Waals surface area contributed by atoms with Gasteiger partial charge in [-0.1, -0.05) is 150 Å². The molecule has 9 aromatic rings. The molecule has 0 unspecified atom stereocenters. The van der Waals surface area contributed by atoms with Gasteiger partial charge in [0.15, 0.2) is 11.6 Å². The number of pyridine rings is 2. The average Bonchev–Trinajstić information content (AvgIpc) is 3.78. The summed E-state index contributed by atoms with van der Waals surface area (Å²) in [5.41, 5.74) is 6.78. The van der Waals surface area contributed by atoms with Crippen molar-refractivity contribution in [2.45, 2.75) is 107 Å². The zero-order valence-electron chi connectivity index (χ0n) is 43.3. The molecule has 0 saturated carbocycles. The largest absolute Gasteiger partial charge is 0.545 e. The second-order valence-electron chi connectivity index (χ2n) is 18.5. The monoisotopic (exact) mass is 1330 g/mol. The van der Waals surface area contributed by atoms with Crippen LogP contribution in [0.25, 0.3) is 87.8 Å². The molecule has 9 rings (SSSR count). The topological polar surface area (TPSA) is 114 Å². The Kier molecular flexibility index (Phi) is 21.9. The van der Waals surface area contributed by atoms with Crippen molar-refractivity contribution in [3.05, 3.63) is 157 Å². The molecule has 0 amide bonds. The van der Waals surface area contributed by atoms with Gasteiger partial charge < -0.3 is 14.6 Å². The van der Waals surface area contributed by atoms with E-state index in [0.717, 1.165) is 118 Å². The summed E-state index contributed by atoms with van der Waals surface area (Å²) in [6.07, 6.45) is 9.81. The third-order valence-corrected chi connectivity index (χ3v) is 14.2. The van der Waals surface area contributed by atoms with Crippen molar-refractivity contribution in [1.82, 2.24) is 9.97 Å². The van der Waals surface area contributed by atoms with E-state index in [9.17, 15) is 19.8 Å². The fourth-order valence-electron chi connectivity index (χ4n) is 9.55. The number of carbonyl (C=O) groups is 2. The van der Waals surface area contributed by atoms with Gasteiger partial charge >= 0.3 is 0 Å². The van der Waals surface area contributed by atoms with Crippen molar-refractivity contribution in [2.75, 3.05) is 0 Å². The molecular weight excluding hydrogens is 1270 g/mol. The van der Waals surface area contributed by atoms with Gasteiger partial charge in [-0.3, -0.25) is 19.6 Å². The van der Waals surface area contributed by atoms with E-state index in [2.05, 4.69) is 121 Å². The van der Waals surface area contributed by atoms with E-state index >= 15 is 0 Å². The molecule has 3 aromatic heterocycles. The maximum atomic E-state index is 11.7. The summed E-state index contributed by atoms with van der Waals surface area (Å²) in [6.45, 7) is 16.1. The normalized spacial score (nSPS) is 11.8. The number of aliphatic hydroxyl groups is 2. The van der Waals surface area contributed by atoms with Crippen LogP contribution < -0.4 is 0 Å². The molecule has 6 aromatic carbocycles. The van der Waals surface area contributed by atoms with Gasteiger partial charge in [0.2, 0.25) is 0 Å². The van der Waals surface area contributed by atoms with Crippen LogP contribution >= 0.6 is 0 Å². The zero-order valence-corrected chi connectivity index (χ0v) is 47.9. The van der Waals surface area contributed by atoms with Gasteiger partial charge in [0, 0.05) is 89.1 Å². The summed E-state index contributed by atoms with van der Waals surface area (Å²) >= 11 is 0. The van der Waals surface area contributed by atoms with Crippen LogP contribution in [0.2, 0.25) is 0 Å². The minimum Gasteiger partial charge on any atom is -0.545 e. The quantitative estimate of drug-likeness (QED) is 0.0429. The molecule has 386 valence electrons. The fraction of sp³-hybridized carbons (Fsp3) is 0.312. The molecule has 0 spiro atoms. The third kappa shape index (κ3) is 13.5. The van der Waals surface area contributed by atoms with E-state index in [0.29, 0.717) is 0 Å². The zero-order chi connectivity index (χ0) is 50.6. The third-order valence-electron chi connectivity index (χ3n) is 14.2. The van der Waals surface area contributed by atoms with Crippen LogP contribution in [0.5, 0.6) is 0 Å². The fourth-order valence-corrected chi connectivity index (χ4v) is 9.55. The predicted molar refractivity (Wildman–Crippen MR) is 296 cm³/mol. The van der Waals surface area contributed by atoms with Crippen molar-refractivity contribution in [2.24, 2.45) is 23.7 Å². The van der Waals surface area contributed by atoms with E-state index in [-0.39, 0.29) is 88.9 Å². The van der Waals surface area contributed by atoms with Crippen LogP contribution in [0.4, 0.5) is 0 Å². The Bertz CT molecular complexity index is 3140. The molecule has 0 aliphatic rings. The van der Waals surface area contributed by atoms with E-state index in [1.54, 1.807) is 0 Å². The number of ketones is 2. The SMILES string of the molecule is CCC(CC)C(=O)/C=C(\O)C(CC)CC.CCC(CC)C(=O)/C=C(\O)C(CC)CC.[Pt].[Pt].[c-]1ccc2c(oc3c(-c4ccc5cc6ccccc6cc5n4)[c-]ccc32)c1-c1ccc2cc3ccccc3cc2n1.